The van der Waals surface area contributed by atoms with Gasteiger partial charge in [0.15, 0.2) is 18.3 Å². The quantitative estimate of drug-likeness (QED) is 0.430. The molecule has 0 unspecified atom stereocenters. The third-order valence-corrected chi connectivity index (χ3v) is 4.27. The van der Waals surface area contributed by atoms with Gasteiger partial charge >= 0.3 is 0 Å². The summed E-state index contributed by atoms with van der Waals surface area (Å²) < 4.78 is 11.6. The lowest BCUT2D eigenvalue weighted by molar-refractivity contribution is -0.124. The maximum absolute atomic E-state index is 11.8. The van der Waals surface area contributed by atoms with Crippen LogP contribution in [0.5, 0.6) is 11.5 Å². The lowest BCUT2D eigenvalue weighted by Gasteiger charge is -2.13. The fourth-order valence-corrected chi connectivity index (χ4v) is 2.81. The number of para-hydroxylation sites is 1. The summed E-state index contributed by atoms with van der Waals surface area (Å²) in [5.74, 6) is -0.00234. The van der Waals surface area contributed by atoms with Gasteiger partial charge in [-0.25, -0.2) is 0 Å². The monoisotopic (exact) mass is 485 g/mol. The van der Waals surface area contributed by atoms with Gasteiger partial charge in [-0.15, -0.1) is 0 Å². The van der Waals surface area contributed by atoms with Crippen LogP contribution in [-0.4, -0.2) is 30.1 Å². The fraction of sp³-hybridized carbons (Fsp3) is 0.167. The number of hydrazine groups is 1. The maximum Gasteiger partial charge on any atom is 0.276 e. The van der Waals surface area contributed by atoms with E-state index in [9.17, 15) is 9.59 Å². The molecule has 0 aliphatic carbocycles. The number of hydrogen-bond donors (Lipinski definition) is 3. The summed E-state index contributed by atoms with van der Waals surface area (Å²) in [5, 5.41) is 2.68. The molecular weight excluding hydrogens is 470 g/mol. The molecule has 0 bridgehead atoms. The summed E-state index contributed by atoms with van der Waals surface area (Å²) in [6, 6.07) is 12.2. The van der Waals surface area contributed by atoms with E-state index in [1.807, 2.05) is 19.1 Å². The number of aryl methyl sites for hydroxylation is 1. The van der Waals surface area contributed by atoms with Crippen molar-refractivity contribution in [1.29, 1.82) is 0 Å². The molecule has 0 atom stereocenters. The van der Waals surface area contributed by atoms with Crippen LogP contribution in [0.1, 0.15) is 5.56 Å². The molecule has 2 rings (SSSR count). The van der Waals surface area contributed by atoms with Crippen LogP contribution in [0.15, 0.2) is 46.9 Å². The van der Waals surface area contributed by atoms with Crippen LogP contribution in [0.2, 0.25) is 5.02 Å². The summed E-state index contributed by atoms with van der Waals surface area (Å²) in [6.07, 6.45) is 0. The predicted molar refractivity (Wildman–Crippen MR) is 113 cm³/mol. The van der Waals surface area contributed by atoms with Crippen LogP contribution in [0, 0.1) is 6.92 Å². The zero-order valence-electron chi connectivity index (χ0n) is 14.8. The average Bonchev–Trinajstić information content (AvgIpc) is 2.65. The lowest BCUT2D eigenvalue weighted by Crippen LogP contribution is -2.50. The molecule has 2 aromatic carbocycles. The molecule has 2 aromatic rings. The number of nitrogens with one attached hydrogen (secondary N) is 3. The van der Waals surface area contributed by atoms with Gasteiger partial charge in [-0.1, -0.05) is 39.7 Å². The van der Waals surface area contributed by atoms with Gasteiger partial charge in [0.05, 0.1) is 5.02 Å². The Morgan fingerprint density at radius 1 is 1.04 bits per heavy atom. The largest absolute Gasteiger partial charge is 0.483 e. The van der Waals surface area contributed by atoms with Crippen LogP contribution in [0.4, 0.5) is 0 Å². The van der Waals surface area contributed by atoms with Crippen molar-refractivity contribution in [2.45, 2.75) is 6.92 Å². The van der Waals surface area contributed by atoms with E-state index in [0.29, 0.717) is 16.5 Å². The Labute approximate surface area is 180 Å². The molecule has 3 N–H and O–H groups in total. The van der Waals surface area contributed by atoms with Gasteiger partial charge in [0.2, 0.25) is 0 Å². The highest BCUT2D eigenvalue weighted by atomic mass is 79.9. The second-order valence-electron chi connectivity index (χ2n) is 5.47. The zero-order chi connectivity index (χ0) is 20.5. The maximum atomic E-state index is 11.8. The molecule has 28 heavy (non-hydrogen) atoms. The van der Waals surface area contributed by atoms with Crippen molar-refractivity contribution < 1.29 is 19.1 Å². The number of carbonyl (C=O) groups excluding carboxylic acids is 2. The Bertz CT molecular complexity index is 882. The molecule has 2 amide bonds. The Morgan fingerprint density at radius 3 is 2.43 bits per heavy atom. The van der Waals surface area contributed by atoms with Crippen molar-refractivity contribution in [3.8, 4) is 11.5 Å². The minimum atomic E-state index is -0.506. The van der Waals surface area contributed by atoms with E-state index < -0.39 is 11.8 Å². The first-order chi connectivity index (χ1) is 13.3. The SMILES string of the molecule is Cc1cc(Br)ccc1OCC(=O)NNC(=S)NC(=O)COc1ccccc1Cl. The molecule has 7 nitrogen and oxygen atoms in total. The summed E-state index contributed by atoms with van der Waals surface area (Å²) in [5.41, 5.74) is 5.63. The highest BCUT2D eigenvalue weighted by molar-refractivity contribution is 9.10. The first kappa shape index (κ1) is 21.9. The van der Waals surface area contributed by atoms with E-state index in [2.05, 4.69) is 32.1 Å². The minimum Gasteiger partial charge on any atom is -0.483 e. The van der Waals surface area contributed by atoms with E-state index >= 15 is 0 Å². The van der Waals surface area contributed by atoms with E-state index in [4.69, 9.17) is 33.3 Å². The van der Waals surface area contributed by atoms with Gasteiger partial charge in [0.25, 0.3) is 11.8 Å². The number of carbonyl (C=O) groups is 2. The van der Waals surface area contributed by atoms with E-state index in [-0.39, 0.29) is 18.3 Å². The molecule has 10 heteroatoms. The number of benzene rings is 2. The molecule has 0 fully saturated rings. The molecule has 0 aliphatic rings. The summed E-state index contributed by atoms with van der Waals surface area (Å²) in [4.78, 5) is 23.6. The summed E-state index contributed by atoms with van der Waals surface area (Å²) in [6.45, 7) is 1.36. The predicted octanol–water partition coefficient (Wildman–Crippen LogP) is 2.89. The van der Waals surface area contributed by atoms with Gasteiger partial charge in [0, 0.05) is 4.47 Å². The first-order valence-electron chi connectivity index (χ1n) is 8.00. The Morgan fingerprint density at radius 2 is 1.71 bits per heavy atom. The van der Waals surface area contributed by atoms with E-state index in [1.54, 1.807) is 30.3 Å². The first-order valence-corrected chi connectivity index (χ1v) is 9.58. The second-order valence-corrected chi connectivity index (χ2v) is 7.20. The Balaban J connectivity index is 1.67. The third kappa shape index (κ3) is 7.34. The standard InChI is InChI=1S/C18H17BrClN3O4S/c1-11-8-12(19)6-7-14(11)26-10-17(25)22-23-18(28)21-16(24)9-27-15-5-3-2-4-13(15)20/h2-8H,9-10H2,1H3,(H,22,25)(H2,21,23,24,28). The molecule has 0 radical (unpaired) electrons. The Kier molecular flexibility index (Phi) is 8.49. The molecule has 148 valence electrons. The van der Waals surface area contributed by atoms with Gasteiger partial charge < -0.3 is 9.47 Å². The summed E-state index contributed by atoms with van der Waals surface area (Å²) >= 11 is 14.2. The van der Waals surface area contributed by atoms with Crippen molar-refractivity contribution in [3.05, 3.63) is 57.5 Å². The fourth-order valence-electron chi connectivity index (χ4n) is 1.98. The van der Waals surface area contributed by atoms with Gasteiger partial charge in [-0.05, 0) is 55.0 Å². The highest BCUT2D eigenvalue weighted by Gasteiger charge is 2.09. The van der Waals surface area contributed by atoms with Crippen molar-refractivity contribution in [1.82, 2.24) is 16.2 Å². The smallest absolute Gasteiger partial charge is 0.276 e. The van der Waals surface area contributed by atoms with Crippen LogP contribution in [0.3, 0.4) is 0 Å². The van der Waals surface area contributed by atoms with Gasteiger partial charge in [0.1, 0.15) is 11.5 Å². The molecular formula is C18H17BrClN3O4S. The molecule has 0 saturated heterocycles. The van der Waals surface area contributed by atoms with Gasteiger partial charge in [-0.3, -0.25) is 25.8 Å². The second kappa shape index (κ2) is 10.8. The molecule has 0 spiro atoms. The molecule has 0 heterocycles. The van der Waals surface area contributed by atoms with Crippen molar-refractivity contribution in [3.63, 3.8) is 0 Å². The topological polar surface area (TPSA) is 88.7 Å². The normalized spacial score (nSPS) is 9.96. The lowest BCUT2D eigenvalue weighted by atomic mass is 10.2. The minimum absolute atomic E-state index is 0.0825. The van der Waals surface area contributed by atoms with E-state index in [1.165, 1.54) is 0 Å². The number of rotatable bonds is 6. The van der Waals surface area contributed by atoms with Crippen molar-refractivity contribution in [2.24, 2.45) is 0 Å². The van der Waals surface area contributed by atoms with Crippen LogP contribution in [0.25, 0.3) is 0 Å². The number of halogens is 2. The van der Waals surface area contributed by atoms with Crippen LogP contribution >= 0.6 is 39.7 Å². The zero-order valence-corrected chi connectivity index (χ0v) is 17.9. The highest BCUT2D eigenvalue weighted by Crippen LogP contribution is 2.23. The van der Waals surface area contributed by atoms with Crippen molar-refractivity contribution in [2.75, 3.05) is 13.2 Å². The third-order valence-electron chi connectivity index (χ3n) is 3.26. The molecule has 0 aliphatic heterocycles. The molecule has 0 saturated carbocycles. The Hall–Kier alpha value is -2.36. The molecule has 0 aromatic heterocycles. The number of thiocarbonyl (C=S) groups is 1. The van der Waals surface area contributed by atoms with E-state index in [0.717, 1.165) is 10.0 Å². The summed E-state index contributed by atoms with van der Waals surface area (Å²) in [7, 11) is 0. The number of hydrogen-bond acceptors (Lipinski definition) is 5. The van der Waals surface area contributed by atoms with Crippen LogP contribution in [-0.2, 0) is 9.59 Å². The van der Waals surface area contributed by atoms with Crippen molar-refractivity contribution >= 4 is 56.7 Å². The van der Waals surface area contributed by atoms with Crippen LogP contribution < -0.4 is 25.6 Å². The number of ether oxygens (including phenoxy) is 2. The average molecular weight is 487 g/mol. The van der Waals surface area contributed by atoms with Gasteiger partial charge in [-0.2, -0.15) is 0 Å². The number of amides is 2.